The number of ether oxygens (including phenoxy) is 4. The number of carbonyl (C=O) groups is 2. The molecule has 11 rings (SSSR count). The van der Waals surface area contributed by atoms with Crippen molar-refractivity contribution < 1.29 is 28.5 Å². The van der Waals surface area contributed by atoms with Crippen LogP contribution in [-0.4, -0.2) is 77.8 Å². The van der Waals surface area contributed by atoms with Crippen molar-refractivity contribution in [1.82, 2.24) is 39.7 Å². The second kappa shape index (κ2) is 17.5. The van der Waals surface area contributed by atoms with Crippen molar-refractivity contribution in [2.45, 2.75) is 38.8 Å². The van der Waals surface area contributed by atoms with Gasteiger partial charge in [-0.05, 0) is 85.6 Å². The minimum absolute atomic E-state index is 0.174. The van der Waals surface area contributed by atoms with E-state index in [1.165, 1.54) is 0 Å². The Labute approximate surface area is 366 Å². The summed E-state index contributed by atoms with van der Waals surface area (Å²) >= 11 is 6.00. The van der Waals surface area contributed by atoms with Crippen LogP contribution in [0.5, 0.6) is 34.5 Å². The summed E-state index contributed by atoms with van der Waals surface area (Å²) in [6.45, 7) is 3.60. The van der Waals surface area contributed by atoms with Crippen molar-refractivity contribution in [3.05, 3.63) is 132 Å². The molecule has 63 heavy (non-hydrogen) atoms. The van der Waals surface area contributed by atoms with Gasteiger partial charge in [0.25, 0.3) is 0 Å². The molecular weight excluding hydrogens is 820 g/mol. The number of fused-ring (bicyclic) bond motifs is 3. The second-order valence-corrected chi connectivity index (χ2v) is 15.8. The van der Waals surface area contributed by atoms with E-state index in [1.54, 1.807) is 24.5 Å². The van der Waals surface area contributed by atoms with Crippen molar-refractivity contribution >= 4 is 45.7 Å². The SMILES string of the molecule is O=C1CCCN1Cc1ccc(-c2nc3ncccc3[nH]2)cc1Oc1ccc(Cl)cc1.O=C1CCCN1Cc1ccc(-c2nc3ncccc3[nH]2)cc1Oc1ccc2c(c1)OCCO2. The summed E-state index contributed by atoms with van der Waals surface area (Å²) in [4.78, 5) is 52.5. The molecule has 0 bridgehead atoms. The maximum atomic E-state index is 12.2. The van der Waals surface area contributed by atoms with E-state index in [2.05, 4.69) is 29.9 Å². The van der Waals surface area contributed by atoms with Crippen molar-refractivity contribution in [1.29, 1.82) is 0 Å². The number of likely N-dealkylation sites (tertiary alicyclic amines) is 2. The molecule has 3 aliphatic rings. The largest absolute Gasteiger partial charge is 0.486 e. The molecule has 0 atom stereocenters. The fraction of sp³-hybridized carbons (Fsp3) is 0.208. The van der Waals surface area contributed by atoms with E-state index >= 15 is 0 Å². The number of carbonyl (C=O) groups excluding carboxylic acids is 2. The third kappa shape index (κ3) is 8.84. The Bertz CT molecular complexity index is 2900. The van der Waals surface area contributed by atoms with E-state index < -0.39 is 0 Å². The zero-order valence-electron chi connectivity index (χ0n) is 34.1. The van der Waals surface area contributed by atoms with Crippen molar-refractivity contribution in [3.63, 3.8) is 0 Å². The van der Waals surface area contributed by atoms with Gasteiger partial charge in [0.1, 0.15) is 47.9 Å². The molecule has 3 aliphatic heterocycles. The Kier molecular flexibility index (Phi) is 11.0. The van der Waals surface area contributed by atoms with Crippen LogP contribution < -0.4 is 18.9 Å². The van der Waals surface area contributed by atoms with Gasteiger partial charge in [-0.15, -0.1) is 0 Å². The molecule has 8 aromatic rings. The zero-order chi connectivity index (χ0) is 42.7. The number of nitrogens with zero attached hydrogens (tertiary/aromatic N) is 6. The predicted octanol–water partition coefficient (Wildman–Crippen LogP) is 9.50. The van der Waals surface area contributed by atoms with Gasteiger partial charge < -0.3 is 38.7 Å². The molecule has 2 N–H and O–H groups in total. The summed E-state index contributed by atoms with van der Waals surface area (Å²) in [5, 5.41) is 0.647. The summed E-state index contributed by atoms with van der Waals surface area (Å²) in [5.74, 6) is 5.81. The quantitative estimate of drug-likeness (QED) is 0.136. The van der Waals surface area contributed by atoms with Crippen LogP contribution in [0.1, 0.15) is 36.8 Å². The van der Waals surface area contributed by atoms with Gasteiger partial charge in [-0.3, -0.25) is 9.59 Å². The first-order valence-electron chi connectivity index (χ1n) is 20.8. The molecule has 2 amide bonds. The van der Waals surface area contributed by atoms with Crippen LogP contribution in [0.4, 0.5) is 0 Å². The number of pyridine rings is 2. The molecule has 4 aromatic heterocycles. The maximum Gasteiger partial charge on any atom is 0.222 e. The summed E-state index contributed by atoms with van der Waals surface area (Å²) in [5.41, 5.74) is 6.70. The van der Waals surface area contributed by atoms with Gasteiger partial charge in [0.2, 0.25) is 11.8 Å². The number of aromatic amines is 2. The minimum Gasteiger partial charge on any atom is -0.486 e. The van der Waals surface area contributed by atoms with E-state index in [9.17, 15) is 9.59 Å². The maximum absolute atomic E-state index is 12.2. The summed E-state index contributed by atoms with van der Waals surface area (Å²) in [6, 6.07) is 32.2. The number of amides is 2. The first-order chi connectivity index (χ1) is 30.9. The molecule has 4 aromatic carbocycles. The fourth-order valence-corrected chi connectivity index (χ4v) is 7.94. The molecule has 2 saturated heterocycles. The van der Waals surface area contributed by atoms with Gasteiger partial charge in [0.05, 0.1) is 11.0 Å². The number of H-pyrrole nitrogens is 2. The van der Waals surface area contributed by atoms with E-state index in [1.807, 2.05) is 101 Å². The van der Waals surface area contributed by atoms with Crippen LogP contribution >= 0.6 is 11.6 Å². The number of rotatable bonds is 10. The molecule has 0 spiro atoms. The van der Waals surface area contributed by atoms with Gasteiger partial charge in [0, 0.05) is 84.8 Å². The summed E-state index contributed by atoms with van der Waals surface area (Å²) in [7, 11) is 0. The van der Waals surface area contributed by atoms with Gasteiger partial charge in [-0.25, -0.2) is 19.9 Å². The van der Waals surface area contributed by atoms with Crippen molar-refractivity contribution in [2.24, 2.45) is 0 Å². The van der Waals surface area contributed by atoms with Crippen molar-refractivity contribution in [3.8, 4) is 57.3 Å². The normalized spacial score (nSPS) is 14.6. The highest BCUT2D eigenvalue weighted by Gasteiger charge is 2.24. The smallest absolute Gasteiger partial charge is 0.222 e. The van der Waals surface area contributed by atoms with E-state index in [0.717, 1.165) is 59.2 Å². The molecule has 0 radical (unpaired) electrons. The Morgan fingerprint density at radius 3 is 1.65 bits per heavy atom. The average Bonchev–Trinajstić information content (AvgIpc) is 4.13. The molecule has 0 aliphatic carbocycles. The molecule has 0 unspecified atom stereocenters. The Morgan fingerprint density at radius 1 is 0.603 bits per heavy atom. The molecule has 14 nitrogen and oxygen atoms in total. The number of hydrogen-bond acceptors (Lipinski definition) is 10. The number of aromatic nitrogens is 6. The predicted molar refractivity (Wildman–Crippen MR) is 237 cm³/mol. The number of benzene rings is 4. The lowest BCUT2D eigenvalue weighted by molar-refractivity contribution is -0.129. The van der Waals surface area contributed by atoms with E-state index in [4.69, 9.17) is 30.5 Å². The van der Waals surface area contributed by atoms with Crippen LogP contribution in [0.3, 0.4) is 0 Å². The van der Waals surface area contributed by atoms with Gasteiger partial charge >= 0.3 is 0 Å². The van der Waals surface area contributed by atoms with Crippen LogP contribution in [0.15, 0.2) is 116 Å². The zero-order valence-corrected chi connectivity index (χ0v) is 34.8. The summed E-state index contributed by atoms with van der Waals surface area (Å²) in [6.07, 6.45) is 6.44. The molecule has 2 fully saturated rings. The van der Waals surface area contributed by atoms with Crippen LogP contribution in [0.25, 0.3) is 45.1 Å². The van der Waals surface area contributed by atoms with Crippen LogP contribution in [-0.2, 0) is 22.7 Å². The average molecular weight is 861 g/mol. The molecular formula is C48H41ClN8O6. The lowest BCUT2D eigenvalue weighted by Crippen LogP contribution is -2.24. The molecule has 7 heterocycles. The second-order valence-electron chi connectivity index (χ2n) is 15.4. The van der Waals surface area contributed by atoms with Gasteiger partial charge in [-0.1, -0.05) is 35.9 Å². The van der Waals surface area contributed by atoms with Gasteiger partial charge in [-0.2, -0.15) is 0 Å². The first-order valence-corrected chi connectivity index (χ1v) is 21.2. The highest BCUT2D eigenvalue weighted by Crippen LogP contribution is 2.38. The van der Waals surface area contributed by atoms with Crippen molar-refractivity contribution in [2.75, 3.05) is 26.3 Å². The number of nitrogens with one attached hydrogen (secondary N) is 2. The monoisotopic (exact) mass is 860 g/mol. The topological polar surface area (TPSA) is 161 Å². The van der Waals surface area contributed by atoms with E-state index in [0.29, 0.717) is 102 Å². The van der Waals surface area contributed by atoms with Crippen LogP contribution in [0.2, 0.25) is 5.02 Å². The Hall–Kier alpha value is -7.45. The highest BCUT2D eigenvalue weighted by molar-refractivity contribution is 6.30. The van der Waals surface area contributed by atoms with E-state index in [-0.39, 0.29) is 11.8 Å². The Morgan fingerprint density at radius 2 is 1.13 bits per heavy atom. The number of hydrogen-bond donors (Lipinski definition) is 2. The van der Waals surface area contributed by atoms with Crippen LogP contribution in [0, 0.1) is 0 Å². The van der Waals surface area contributed by atoms with Gasteiger partial charge in [0.15, 0.2) is 22.8 Å². The molecule has 0 saturated carbocycles. The highest BCUT2D eigenvalue weighted by atomic mass is 35.5. The third-order valence-electron chi connectivity index (χ3n) is 11.0. The summed E-state index contributed by atoms with van der Waals surface area (Å²) < 4.78 is 23.8. The standard InChI is InChI=1S/C25H22N4O4.C23H19ClN4O2/c30-23-4-2-10-29(23)15-17-6-5-16(24-27-19-3-1-9-26-25(19)28-24)13-21(17)33-18-7-8-20-22(14-18)32-12-11-31-20;24-17-7-9-18(10-8-17)30-20-13-15(22-26-19-3-1-11-25-23(19)27-22)5-6-16(20)14-28-12-2-4-21(28)29/h1,3,5-9,13-14H,2,4,10-12,15H2,(H,26,27,28);1,3,5-11,13H,2,4,12,14H2,(H,25,26,27). The fourth-order valence-electron chi connectivity index (χ4n) is 7.82. The first kappa shape index (κ1) is 39.7. The third-order valence-corrected chi connectivity index (χ3v) is 11.3. The molecule has 15 heteroatoms. The number of imidazole rings is 2. The minimum atomic E-state index is 0.174. The molecule has 316 valence electrons. The Balaban J connectivity index is 0.000000150. The lowest BCUT2D eigenvalue weighted by atomic mass is 10.1. The number of halogens is 1. The lowest BCUT2D eigenvalue weighted by Gasteiger charge is -2.21.